The fourth-order valence-corrected chi connectivity index (χ4v) is 1.31. The molecule has 0 unspecified atom stereocenters. The van der Waals surface area contributed by atoms with Gasteiger partial charge in [0.1, 0.15) is 31.0 Å². The van der Waals surface area contributed by atoms with E-state index < -0.39 is 0 Å². The van der Waals surface area contributed by atoms with Gasteiger partial charge in [-0.25, -0.2) is 0 Å². The highest BCUT2D eigenvalue weighted by atomic mass is 16.5. The first-order valence-corrected chi connectivity index (χ1v) is 5.64. The summed E-state index contributed by atoms with van der Waals surface area (Å²) in [5, 5.41) is 0. The van der Waals surface area contributed by atoms with E-state index in [4.69, 9.17) is 18.9 Å². The standard InChI is InChI=1S/C13H18O5/c1-15-3-5-17-12-7-11(10-14)8-13(9-12)18-6-4-16-2/h7-10H,3-6H2,1-2H3. The van der Waals surface area contributed by atoms with Crippen molar-refractivity contribution in [3.05, 3.63) is 23.8 Å². The number of ether oxygens (including phenoxy) is 4. The van der Waals surface area contributed by atoms with E-state index >= 15 is 0 Å². The lowest BCUT2D eigenvalue weighted by molar-refractivity contribution is 0.112. The minimum atomic E-state index is 0.427. The summed E-state index contributed by atoms with van der Waals surface area (Å²) in [6, 6.07) is 5.05. The number of rotatable bonds is 9. The fourth-order valence-electron chi connectivity index (χ4n) is 1.31. The first kappa shape index (κ1) is 14.5. The lowest BCUT2D eigenvalue weighted by Crippen LogP contribution is -2.06. The van der Waals surface area contributed by atoms with Crippen molar-refractivity contribution in [1.82, 2.24) is 0 Å². The molecule has 1 aromatic rings. The first-order chi connectivity index (χ1) is 8.80. The molecule has 0 aliphatic rings. The van der Waals surface area contributed by atoms with Gasteiger partial charge >= 0.3 is 0 Å². The van der Waals surface area contributed by atoms with Gasteiger partial charge in [0.25, 0.3) is 0 Å². The molecule has 0 aliphatic heterocycles. The summed E-state index contributed by atoms with van der Waals surface area (Å²) in [5.74, 6) is 1.17. The zero-order valence-electron chi connectivity index (χ0n) is 10.7. The van der Waals surface area contributed by atoms with E-state index in [2.05, 4.69) is 0 Å². The maximum absolute atomic E-state index is 10.8. The topological polar surface area (TPSA) is 54.0 Å². The lowest BCUT2D eigenvalue weighted by Gasteiger charge is -2.10. The lowest BCUT2D eigenvalue weighted by atomic mass is 10.2. The monoisotopic (exact) mass is 254 g/mol. The number of aldehydes is 1. The highest BCUT2D eigenvalue weighted by Gasteiger charge is 2.03. The normalized spacial score (nSPS) is 10.1. The molecule has 0 bridgehead atoms. The Labute approximate surface area is 107 Å². The van der Waals surface area contributed by atoms with Crippen LogP contribution < -0.4 is 9.47 Å². The van der Waals surface area contributed by atoms with Gasteiger partial charge in [-0.1, -0.05) is 0 Å². The first-order valence-electron chi connectivity index (χ1n) is 5.64. The van der Waals surface area contributed by atoms with Crippen LogP contribution in [0, 0.1) is 0 Å². The van der Waals surface area contributed by atoms with Crippen LogP contribution in [0.1, 0.15) is 10.4 Å². The van der Waals surface area contributed by atoms with E-state index in [0.29, 0.717) is 43.5 Å². The van der Waals surface area contributed by atoms with Crippen LogP contribution in [0.25, 0.3) is 0 Å². The van der Waals surface area contributed by atoms with E-state index in [1.807, 2.05) is 0 Å². The molecule has 0 N–H and O–H groups in total. The molecule has 18 heavy (non-hydrogen) atoms. The second-order valence-electron chi connectivity index (χ2n) is 3.54. The van der Waals surface area contributed by atoms with Crippen LogP contribution in [0.5, 0.6) is 11.5 Å². The van der Waals surface area contributed by atoms with Gasteiger partial charge in [0, 0.05) is 25.8 Å². The van der Waals surface area contributed by atoms with E-state index in [1.54, 1.807) is 32.4 Å². The third-order valence-corrected chi connectivity index (χ3v) is 2.15. The van der Waals surface area contributed by atoms with Gasteiger partial charge in [-0.2, -0.15) is 0 Å². The van der Waals surface area contributed by atoms with Crippen molar-refractivity contribution in [3.63, 3.8) is 0 Å². The van der Waals surface area contributed by atoms with Gasteiger partial charge in [0.05, 0.1) is 13.2 Å². The number of benzene rings is 1. The average Bonchev–Trinajstić information content (AvgIpc) is 2.39. The summed E-state index contributed by atoms with van der Waals surface area (Å²) in [5.41, 5.74) is 0.511. The summed E-state index contributed by atoms with van der Waals surface area (Å²) >= 11 is 0. The third-order valence-electron chi connectivity index (χ3n) is 2.15. The maximum atomic E-state index is 10.8. The second-order valence-corrected chi connectivity index (χ2v) is 3.54. The van der Waals surface area contributed by atoms with E-state index in [1.165, 1.54) is 0 Å². The number of carbonyl (C=O) groups is 1. The molecule has 0 atom stereocenters. The Balaban J connectivity index is 2.64. The van der Waals surface area contributed by atoms with Crippen molar-refractivity contribution in [1.29, 1.82) is 0 Å². The van der Waals surface area contributed by atoms with Crippen LogP contribution in [0.4, 0.5) is 0 Å². The van der Waals surface area contributed by atoms with Crippen molar-refractivity contribution in [2.45, 2.75) is 0 Å². The molecule has 0 saturated carbocycles. The summed E-state index contributed by atoms with van der Waals surface area (Å²) in [6.07, 6.45) is 0.756. The zero-order valence-corrected chi connectivity index (χ0v) is 10.7. The summed E-state index contributed by atoms with van der Waals surface area (Å²) in [6.45, 7) is 1.84. The molecule has 1 rings (SSSR count). The van der Waals surface area contributed by atoms with E-state index in [0.717, 1.165) is 6.29 Å². The maximum Gasteiger partial charge on any atom is 0.150 e. The molecule has 5 nitrogen and oxygen atoms in total. The molecular formula is C13H18O5. The van der Waals surface area contributed by atoms with Crippen molar-refractivity contribution < 1.29 is 23.7 Å². The minimum Gasteiger partial charge on any atom is -0.491 e. The number of methoxy groups -OCH3 is 2. The van der Waals surface area contributed by atoms with Gasteiger partial charge in [-0.3, -0.25) is 4.79 Å². The van der Waals surface area contributed by atoms with Crippen LogP contribution in [0.15, 0.2) is 18.2 Å². The number of carbonyl (C=O) groups excluding carboxylic acids is 1. The highest BCUT2D eigenvalue weighted by molar-refractivity contribution is 5.76. The van der Waals surface area contributed by atoms with Gasteiger partial charge in [-0.05, 0) is 12.1 Å². The molecule has 1 aromatic carbocycles. The predicted octanol–water partition coefficient (Wildman–Crippen LogP) is 1.55. The third kappa shape index (κ3) is 5.16. The summed E-state index contributed by atoms with van der Waals surface area (Å²) in [7, 11) is 3.20. The molecule has 0 radical (unpaired) electrons. The zero-order chi connectivity index (χ0) is 13.2. The molecule has 5 heteroatoms. The van der Waals surface area contributed by atoms with E-state index in [-0.39, 0.29) is 0 Å². The molecular weight excluding hydrogens is 236 g/mol. The second kappa shape index (κ2) is 8.49. The van der Waals surface area contributed by atoms with E-state index in [9.17, 15) is 4.79 Å². The molecule has 0 saturated heterocycles. The Morgan fingerprint density at radius 3 is 1.78 bits per heavy atom. The quantitative estimate of drug-likeness (QED) is 0.494. The highest BCUT2D eigenvalue weighted by Crippen LogP contribution is 2.22. The SMILES string of the molecule is COCCOc1cc(C=O)cc(OCCOC)c1. The number of hydrogen-bond donors (Lipinski definition) is 0. The molecule has 0 amide bonds. The van der Waals surface area contributed by atoms with Gasteiger partial charge in [-0.15, -0.1) is 0 Å². The largest absolute Gasteiger partial charge is 0.491 e. The average molecular weight is 254 g/mol. The Hall–Kier alpha value is -1.59. The Kier molecular flexibility index (Phi) is 6.83. The van der Waals surface area contributed by atoms with Crippen molar-refractivity contribution in [3.8, 4) is 11.5 Å². The fraction of sp³-hybridized carbons (Fsp3) is 0.462. The van der Waals surface area contributed by atoms with Crippen LogP contribution in [0.2, 0.25) is 0 Å². The molecule has 0 aromatic heterocycles. The van der Waals surface area contributed by atoms with Gasteiger partial charge in [0.2, 0.25) is 0 Å². The molecule has 0 heterocycles. The van der Waals surface area contributed by atoms with Gasteiger partial charge in [0.15, 0.2) is 0 Å². The van der Waals surface area contributed by atoms with Crippen molar-refractivity contribution >= 4 is 6.29 Å². The molecule has 0 spiro atoms. The molecule has 0 fully saturated rings. The Morgan fingerprint density at radius 1 is 0.889 bits per heavy atom. The van der Waals surface area contributed by atoms with Crippen LogP contribution in [-0.4, -0.2) is 46.9 Å². The van der Waals surface area contributed by atoms with Gasteiger partial charge < -0.3 is 18.9 Å². The minimum absolute atomic E-state index is 0.427. The van der Waals surface area contributed by atoms with Crippen LogP contribution >= 0.6 is 0 Å². The Morgan fingerprint density at radius 2 is 1.39 bits per heavy atom. The van der Waals surface area contributed by atoms with Crippen LogP contribution in [-0.2, 0) is 9.47 Å². The van der Waals surface area contributed by atoms with Crippen molar-refractivity contribution in [2.24, 2.45) is 0 Å². The summed E-state index contributed by atoms with van der Waals surface area (Å²) in [4.78, 5) is 10.8. The number of hydrogen-bond acceptors (Lipinski definition) is 5. The van der Waals surface area contributed by atoms with Crippen LogP contribution in [0.3, 0.4) is 0 Å². The molecule has 100 valence electrons. The summed E-state index contributed by atoms with van der Waals surface area (Å²) < 4.78 is 20.7. The Bertz CT molecular complexity index is 336. The predicted molar refractivity (Wildman–Crippen MR) is 66.6 cm³/mol. The smallest absolute Gasteiger partial charge is 0.150 e. The molecule has 0 aliphatic carbocycles. The van der Waals surface area contributed by atoms with Crippen molar-refractivity contribution in [2.75, 3.05) is 40.6 Å².